The van der Waals surface area contributed by atoms with Crippen LogP contribution in [0.2, 0.25) is 0 Å². The maximum atomic E-state index is 13.6. The standard InChI is InChI=1S/C19H16FN3O3/c1-12-9-17(23-26-12)22-19(25)14-7-4-6-13(10-14)18(24)21-11-15-5-2-3-8-16(15)20/h2-10H,11H2,1H3,(H,21,24)(H,22,23,25). The van der Waals surface area contributed by atoms with Crippen LogP contribution in [-0.4, -0.2) is 17.0 Å². The van der Waals surface area contributed by atoms with Gasteiger partial charge in [-0.1, -0.05) is 29.4 Å². The summed E-state index contributed by atoms with van der Waals surface area (Å²) in [4.78, 5) is 24.5. The van der Waals surface area contributed by atoms with E-state index in [-0.39, 0.29) is 12.4 Å². The molecule has 6 nitrogen and oxygen atoms in total. The molecule has 2 amide bonds. The van der Waals surface area contributed by atoms with Crippen molar-refractivity contribution >= 4 is 17.6 Å². The van der Waals surface area contributed by atoms with Crippen LogP contribution in [0.25, 0.3) is 0 Å². The van der Waals surface area contributed by atoms with E-state index in [1.54, 1.807) is 49.4 Å². The molecule has 0 fully saturated rings. The van der Waals surface area contributed by atoms with Gasteiger partial charge in [0.05, 0.1) is 0 Å². The number of carbonyl (C=O) groups excluding carboxylic acids is 2. The van der Waals surface area contributed by atoms with Gasteiger partial charge in [-0.25, -0.2) is 4.39 Å². The molecule has 26 heavy (non-hydrogen) atoms. The molecule has 0 aliphatic carbocycles. The van der Waals surface area contributed by atoms with Crippen molar-refractivity contribution in [2.45, 2.75) is 13.5 Å². The van der Waals surface area contributed by atoms with Gasteiger partial charge in [-0.15, -0.1) is 0 Å². The van der Waals surface area contributed by atoms with Crippen LogP contribution in [0.5, 0.6) is 0 Å². The second-order valence-corrected chi connectivity index (χ2v) is 5.63. The smallest absolute Gasteiger partial charge is 0.256 e. The number of nitrogens with one attached hydrogen (secondary N) is 2. The number of aromatic nitrogens is 1. The van der Waals surface area contributed by atoms with E-state index in [4.69, 9.17) is 4.52 Å². The number of anilines is 1. The summed E-state index contributed by atoms with van der Waals surface area (Å²) in [5.41, 5.74) is 0.977. The predicted octanol–water partition coefficient (Wildman–Crippen LogP) is 3.30. The zero-order valence-electron chi connectivity index (χ0n) is 14.0. The number of nitrogens with zero attached hydrogens (tertiary/aromatic N) is 1. The minimum absolute atomic E-state index is 0.0557. The summed E-state index contributed by atoms with van der Waals surface area (Å²) in [5.74, 6) is -0.338. The van der Waals surface area contributed by atoms with Crippen molar-refractivity contribution in [1.29, 1.82) is 0 Å². The number of benzene rings is 2. The molecule has 0 aliphatic heterocycles. The van der Waals surface area contributed by atoms with Crippen LogP contribution in [0.3, 0.4) is 0 Å². The topological polar surface area (TPSA) is 84.2 Å². The first-order valence-electron chi connectivity index (χ1n) is 7.89. The van der Waals surface area contributed by atoms with Gasteiger partial charge in [-0.05, 0) is 31.2 Å². The van der Waals surface area contributed by atoms with E-state index >= 15 is 0 Å². The van der Waals surface area contributed by atoms with E-state index in [0.717, 1.165) is 0 Å². The molecule has 0 radical (unpaired) electrons. The van der Waals surface area contributed by atoms with Crippen molar-refractivity contribution in [3.63, 3.8) is 0 Å². The van der Waals surface area contributed by atoms with Gasteiger partial charge in [-0.2, -0.15) is 0 Å². The second kappa shape index (κ2) is 7.60. The summed E-state index contributed by atoms with van der Waals surface area (Å²) in [6.45, 7) is 1.77. The van der Waals surface area contributed by atoms with Gasteiger partial charge >= 0.3 is 0 Å². The molecule has 1 aromatic heterocycles. The van der Waals surface area contributed by atoms with Gasteiger partial charge in [0.25, 0.3) is 11.8 Å². The summed E-state index contributed by atoms with van der Waals surface area (Å²) in [6.07, 6.45) is 0. The first-order valence-corrected chi connectivity index (χ1v) is 7.89. The van der Waals surface area contributed by atoms with Gasteiger partial charge in [0, 0.05) is 29.3 Å². The minimum Gasteiger partial charge on any atom is -0.360 e. The number of amides is 2. The van der Waals surface area contributed by atoms with E-state index in [1.807, 2.05) is 0 Å². The van der Waals surface area contributed by atoms with Crippen molar-refractivity contribution in [1.82, 2.24) is 10.5 Å². The third kappa shape index (κ3) is 4.13. The van der Waals surface area contributed by atoms with Crippen LogP contribution in [0.4, 0.5) is 10.2 Å². The van der Waals surface area contributed by atoms with Crippen molar-refractivity contribution < 1.29 is 18.5 Å². The fourth-order valence-corrected chi connectivity index (χ4v) is 2.33. The largest absolute Gasteiger partial charge is 0.360 e. The average Bonchev–Trinajstić information content (AvgIpc) is 3.05. The van der Waals surface area contributed by atoms with Crippen LogP contribution in [0.1, 0.15) is 32.0 Å². The number of rotatable bonds is 5. The SMILES string of the molecule is Cc1cc(NC(=O)c2cccc(C(=O)NCc3ccccc3F)c2)no1. The number of hydrogen-bond donors (Lipinski definition) is 2. The van der Waals surface area contributed by atoms with Gasteiger partial charge in [0.15, 0.2) is 5.82 Å². The Labute approximate surface area is 149 Å². The van der Waals surface area contributed by atoms with Gasteiger partial charge in [0.1, 0.15) is 11.6 Å². The van der Waals surface area contributed by atoms with Crippen LogP contribution >= 0.6 is 0 Å². The molecule has 0 unspecified atom stereocenters. The molecular formula is C19H16FN3O3. The molecule has 3 rings (SSSR count). The fourth-order valence-electron chi connectivity index (χ4n) is 2.33. The molecule has 2 aromatic carbocycles. The van der Waals surface area contributed by atoms with E-state index in [2.05, 4.69) is 15.8 Å². The Bertz CT molecular complexity index is 952. The Morgan fingerprint density at radius 3 is 2.46 bits per heavy atom. The lowest BCUT2D eigenvalue weighted by atomic mass is 10.1. The van der Waals surface area contributed by atoms with Gasteiger partial charge < -0.3 is 15.2 Å². The molecule has 132 valence electrons. The van der Waals surface area contributed by atoms with Crippen LogP contribution in [0, 0.1) is 12.7 Å². The first-order chi connectivity index (χ1) is 12.5. The number of carbonyl (C=O) groups is 2. The Morgan fingerprint density at radius 2 is 1.77 bits per heavy atom. The second-order valence-electron chi connectivity index (χ2n) is 5.63. The van der Waals surface area contributed by atoms with Crippen molar-refractivity contribution in [3.8, 4) is 0 Å². The Balaban J connectivity index is 1.67. The lowest BCUT2D eigenvalue weighted by Gasteiger charge is -2.08. The Morgan fingerprint density at radius 1 is 1.04 bits per heavy atom. The zero-order valence-corrected chi connectivity index (χ0v) is 14.0. The first kappa shape index (κ1) is 17.3. The molecule has 7 heteroatoms. The highest BCUT2D eigenvalue weighted by Gasteiger charge is 2.12. The molecule has 0 saturated carbocycles. The molecule has 0 atom stereocenters. The van der Waals surface area contributed by atoms with E-state index in [1.165, 1.54) is 12.1 Å². The summed E-state index contributed by atoms with van der Waals surface area (Å²) in [7, 11) is 0. The van der Waals surface area contributed by atoms with E-state index in [0.29, 0.717) is 28.3 Å². The molecule has 0 aliphatic rings. The Hall–Kier alpha value is -3.48. The summed E-state index contributed by atoms with van der Waals surface area (Å²) >= 11 is 0. The van der Waals surface area contributed by atoms with Gasteiger partial charge in [-0.3, -0.25) is 9.59 Å². The van der Waals surface area contributed by atoms with Crippen molar-refractivity contribution in [3.05, 3.63) is 82.9 Å². The number of hydrogen-bond acceptors (Lipinski definition) is 4. The predicted molar refractivity (Wildman–Crippen MR) is 93.2 cm³/mol. The summed E-state index contributed by atoms with van der Waals surface area (Å²) in [5, 5.41) is 8.91. The Kier molecular flexibility index (Phi) is 5.07. The van der Waals surface area contributed by atoms with E-state index in [9.17, 15) is 14.0 Å². The third-order valence-electron chi connectivity index (χ3n) is 3.65. The lowest BCUT2D eigenvalue weighted by Crippen LogP contribution is -2.24. The molecule has 0 bridgehead atoms. The highest BCUT2D eigenvalue weighted by Crippen LogP contribution is 2.12. The molecular weight excluding hydrogens is 337 g/mol. The quantitative estimate of drug-likeness (QED) is 0.737. The normalized spacial score (nSPS) is 10.4. The highest BCUT2D eigenvalue weighted by atomic mass is 19.1. The summed E-state index contributed by atoms with van der Waals surface area (Å²) in [6, 6.07) is 14.0. The van der Waals surface area contributed by atoms with Crippen LogP contribution in [-0.2, 0) is 6.54 Å². The maximum Gasteiger partial charge on any atom is 0.256 e. The number of aryl methyl sites for hydroxylation is 1. The average molecular weight is 353 g/mol. The molecule has 2 N–H and O–H groups in total. The molecule has 0 saturated heterocycles. The lowest BCUT2D eigenvalue weighted by molar-refractivity contribution is 0.0950. The number of halogens is 1. The molecule has 3 aromatic rings. The van der Waals surface area contributed by atoms with Crippen molar-refractivity contribution in [2.24, 2.45) is 0 Å². The molecule has 1 heterocycles. The minimum atomic E-state index is -0.415. The van der Waals surface area contributed by atoms with E-state index < -0.39 is 11.8 Å². The molecule has 0 spiro atoms. The van der Waals surface area contributed by atoms with Crippen LogP contribution in [0.15, 0.2) is 59.1 Å². The maximum absolute atomic E-state index is 13.6. The summed E-state index contributed by atoms with van der Waals surface area (Å²) < 4.78 is 18.5. The van der Waals surface area contributed by atoms with Gasteiger partial charge in [0.2, 0.25) is 0 Å². The fraction of sp³-hybridized carbons (Fsp3) is 0.105. The third-order valence-corrected chi connectivity index (χ3v) is 3.65. The van der Waals surface area contributed by atoms with Crippen LogP contribution < -0.4 is 10.6 Å². The zero-order chi connectivity index (χ0) is 18.5. The monoisotopic (exact) mass is 353 g/mol. The highest BCUT2D eigenvalue weighted by molar-refractivity contribution is 6.05. The van der Waals surface area contributed by atoms with Crippen molar-refractivity contribution in [2.75, 3.05) is 5.32 Å².